The van der Waals surface area contributed by atoms with E-state index in [-0.39, 0.29) is 23.7 Å². The summed E-state index contributed by atoms with van der Waals surface area (Å²) in [5.41, 5.74) is -0.490. The Hall–Kier alpha value is -1.50. The van der Waals surface area contributed by atoms with Gasteiger partial charge < -0.3 is 19.4 Å². The number of nitrogens with one attached hydrogen (secondary N) is 1. The van der Waals surface area contributed by atoms with E-state index in [0.717, 1.165) is 6.42 Å². The second-order valence-corrected chi connectivity index (χ2v) is 7.18. The van der Waals surface area contributed by atoms with Crippen LogP contribution in [0.15, 0.2) is 21.2 Å². The van der Waals surface area contributed by atoms with E-state index in [1.54, 1.807) is 17.0 Å². The minimum Gasteiger partial charge on any atom is -0.444 e. The molecule has 6 nitrogen and oxygen atoms in total. The fraction of sp³-hybridized carbons (Fsp3) is 0.600. The standard InChI is InChI=1S/C15H21BrN2O4/c1-15(2,3)22-14(20)18-7-6-10(9-18)8-17-13(19)11-4-5-12(16)21-11/h4-5,10H,6-9H2,1-3H3,(H,17,19). The Kier molecular flexibility index (Phi) is 5.16. The van der Waals surface area contributed by atoms with Gasteiger partial charge in [0.2, 0.25) is 0 Å². The van der Waals surface area contributed by atoms with Crippen LogP contribution in [0, 0.1) is 5.92 Å². The van der Waals surface area contributed by atoms with E-state index >= 15 is 0 Å². The summed E-state index contributed by atoms with van der Waals surface area (Å²) in [7, 11) is 0. The zero-order valence-corrected chi connectivity index (χ0v) is 14.6. The van der Waals surface area contributed by atoms with Gasteiger partial charge in [-0.25, -0.2) is 4.79 Å². The molecule has 1 aliphatic rings. The lowest BCUT2D eigenvalue weighted by Gasteiger charge is -2.24. The molecule has 2 rings (SSSR count). The molecule has 1 aliphatic heterocycles. The summed E-state index contributed by atoms with van der Waals surface area (Å²) in [6, 6.07) is 3.29. The summed E-state index contributed by atoms with van der Waals surface area (Å²) >= 11 is 3.16. The molecule has 1 saturated heterocycles. The third-order valence-electron chi connectivity index (χ3n) is 3.29. The molecule has 1 atom stereocenters. The van der Waals surface area contributed by atoms with E-state index in [1.165, 1.54) is 0 Å². The average molecular weight is 373 g/mol. The highest BCUT2D eigenvalue weighted by Crippen LogP contribution is 2.19. The number of amides is 2. The fourth-order valence-corrected chi connectivity index (χ4v) is 2.56. The van der Waals surface area contributed by atoms with Gasteiger partial charge in [0.1, 0.15) is 5.60 Å². The zero-order valence-electron chi connectivity index (χ0n) is 13.0. The maximum Gasteiger partial charge on any atom is 0.410 e. The SMILES string of the molecule is CC(C)(C)OC(=O)N1CCC(CNC(=O)c2ccc(Br)o2)C1. The number of rotatable bonds is 3. The van der Waals surface area contributed by atoms with Gasteiger partial charge in [-0.3, -0.25) is 4.79 Å². The molecule has 2 amide bonds. The lowest BCUT2D eigenvalue weighted by Crippen LogP contribution is -2.36. The Morgan fingerprint density at radius 2 is 2.18 bits per heavy atom. The fourth-order valence-electron chi connectivity index (χ4n) is 2.25. The second kappa shape index (κ2) is 6.73. The first-order valence-corrected chi connectivity index (χ1v) is 8.05. The van der Waals surface area contributed by atoms with Crippen molar-refractivity contribution in [2.24, 2.45) is 5.92 Å². The van der Waals surface area contributed by atoms with Crippen molar-refractivity contribution >= 4 is 27.9 Å². The van der Waals surface area contributed by atoms with Gasteiger partial charge in [0, 0.05) is 19.6 Å². The average Bonchev–Trinajstić information content (AvgIpc) is 3.02. The number of hydrogen-bond acceptors (Lipinski definition) is 4. The number of halogens is 1. The minimum absolute atomic E-state index is 0.231. The van der Waals surface area contributed by atoms with E-state index in [4.69, 9.17) is 9.15 Å². The molecule has 1 fully saturated rings. The van der Waals surface area contributed by atoms with Crippen molar-refractivity contribution in [3.05, 3.63) is 22.6 Å². The Balaban J connectivity index is 1.77. The molecule has 1 aromatic rings. The van der Waals surface area contributed by atoms with Gasteiger partial charge in [0.05, 0.1) is 0 Å². The Morgan fingerprint density at radius 1 is 1.45 bits per heavy atom. The van der Waals surface area contributed by atoms with Crippen molar-refractivity contribution < 1.29 is 18.7 Å². The van der Waals surface area contributed by atoms with Crippen LogP contribution in [0.25, 0.3) is 0 Å². The molecule has 0 aliphatic carbocycles. The van der Waals surface area contributed by atoms with Gasteiger partial charge >= 0.3 is 6.09 Å². The highest BCUT2D eigenvalue weighted by molar-refractivity contribution is 9.10. The Morgan fingerprint density at radius 3 is 2.77 bits per heavy atom. The Labute approximate surface area is 138 Å². The molecule has 1 unspecified atom stereocenters. The Bertz CT molecular complexity index is 550. The van der Waals surface area contributed by atoms with Crippen molar-refractivity contribution in [2.75, 3.05) is 19.6 Å². The van der Waals surface area contributed by atoms with Crippen LogP contribution in [0.2, 0.25) is 0 Å². The van der Waals surface area contributed by atoms with Gasteiger partial charge in [-0.05, 0) is 61.2 Å². The third-order valence-corrected chi connectivity index (χ3v) is 3.71. The summed E-state index contributed by atoms with van der Waals surface area (Å²) < 4.78 is 11.1. The van der Waals surface area contributed by atoms with E-state index in [9.17, 15) is 9.59 Å². The van der Waals surface area contributed by atoms with Crippen LogP contribution in [0.5, 0.6) is 0 Å². The number of furan rings is 1. The smallest absolute Gasteiger partial charge is 0.410 e. The van der Waals surface area contributed by atoms with E-state index < -0.39 is 5.60 Å². The number of likely N-dealkylation sites (tertiary alicyclic amines) is 1. The second-order valence-electron chi connectivity index (χ2n) is 6.39. The third kappa shape index (κ3) is 4.76. The van der Waals surface area contributed by atoms with Crippen molar-refractivity contribution in [1.29, 1.82) is 0 Å². The lowest BCUT2D eigenvalue weighted by molar-refractivity contribution is 0.0288. The maximum absolute atomic E-state index is 12.0. The highest BCUT2D eigenvalue weighted by atomic mass is 79.9. The van der Waals surface area contributed by atoms with Crippen LogP contribution < -0.4 is 5.32 Å². The van der Waals surface area contributed by atoms with Crippen molar-refractivity contribution in [2.45, 2.75) is 32.8 Å². The number of carbonyl (C=O) groups is 2. The highest BCUT2D eigenvalue weighted by Gasteiger charge is 2.30. The molecule has 0 spiro atoms. The van der Waals surface area contributed by atoms with E-state index in [2.05, 4.69) is 21.2 Å². The largest absolute Gasteiger partial charge is 0.444 e. The summed E-state index contributed by atoms with van der Waals surface area (Å²) in [5.74, 6) is 0.255. The first-order chi connectivity index (χ1) is 10.2. The number of nitrogens with zero attached hydrogens (tertiary/aromatic N) is 1. The molecule has 1 aromatic heterocycles. The normalized spacial score (nSPS) is 18.4. The minimum atomic E-state index is -0.490. The molecule has 2 heterocycles. The molecule has 122 valence electrons. The first kappa shape index (κ1) is 16.9. The molecular formula is C15H21BrN2O4. The van der Waals surface area contributed by atoms with E-state index in [1.807, 2.05) is 20.8 Å². The summed E-state index contributed by atoms with van der Waals surface area (Å²) in [6.45, 7) is 7.30. The summed E-state index contributed by atoms with van der Waals surface area (Å²) in [6.07, 6.45) is 0.553. The predicted octanol–water partition coefficient (Wildman–Crippen LogP) is 3.03. The van der Waals surface area contributed by atoms with Crippen molar-refractivity contribution in [3.8, 4) is 0 Å². The summed E-state index contributed by atoms with van der Waals surface area (Å²) in [5, 5.41) is 2.83. The van der Waals surface area contributed by atoms with Crippen molar-refractivity contribution in [1.82, 2.24) is 10.2 Å². The number of carbonyl (C=O) groups excluding carboxylic acids is 2. The number of hydrogen-bond donors (Lipinski definition) is 1. The van der Waals surface area contributed by atoms with Crippen LogP contribution in [0.4, 0.5) is 4.79 Å². The number of ether oxygens (including phenoxy) is 1. The summed E-state index contributed by atoms with van der Waals surface area (Å²) in [4.78, 5) is 25.5. The monoisotopic (exact) mass is 372 g/mol. The topological polar surface area (TPSA) is 71.8 Å². The van der Waals surface area contributed by atoms with Gasteiger partial charge in [-0.2, -0.15) is 0 Å². The van der Waals surface area contributed by atoms with Crippen molar-refractivity contribution in [3.63, 3.8) is 0 Å². The van der Waals surface area contributed by atoms with Crippen LogP contribution in [-0.4, -0.2) is 42.1 Å². The molecule has 0 bridgehead atoms. The van der Waals surface area contributed by atoms with Gasteiger partial charge in [-0.1, -0.05) is 0 Å². The molecular weight excluding hydrogens is 352 g/mol. The molecule has 0 aromatic carbocycles. The van der Waals surface area contributed by atoms with Crippen LogP contribution in [-0.2, 0) is 4.74 Å². The first-order valence-electron chi connectivity index (χ1n) is 7.26. The van der Waals surface area contributed by atoms with Gasteiger partial charge in [-0.15, -0.1) is 0 Å². The van der Waals surface area contributed by atoms with Crippen LogP contribution >= 0.6 is 15.9 Å². The van der Waals surface area contributed by atoms with Gasteiger partial charge in [0.25, 0.3) is 5.91 Å². The van der Waals surface area contributed by atoms with Crippen LogP contribution in [0.3, 0.4) is 0 Å². The van der Waals surface area contributed by atoms with Gasteiger partial charge in [0.15, 0.2) is 10.4 Å². The molecule has 7 heteroatoms. The molecule has 0 saturated carbocycles. The quantitative estimate of drug-likeness (QED) is 0.884. The maximum atomic E-state index is 12.0. The zero-order chi connectivity index (χ0) is 16.3. The van der Waals surface area contributed by atoms with Crippen LogP contribution in [0.1, 0.15) is 37.7 Å². The molecule has 0 radical (unpaired) electrons. The molecule has 1 N–H and O–H groups in total. The molecule has 22 heavy (non-hydrogen) atoms. The lowest BCUT2D eigenvalue weighted by atomic mass is 10.1. The van der Waals surface area contributed by atoms with E-state index in [0.29, 0.717) is 24.3 Å². The predicted molar refractivity (Wildman–Crippen MR) is 84.7 cm³/mol.